The minimum Gasteiger partial charge on any atom is -0.465 e. The van der Waals surface area contributed by atoms with E-state index in [1.165, 1.54) is 31.4 Å². The summed E-state index contributed by atoms with van der Waals surface area (Å²) in [5, 5.41) is 11.2. The largest absolute Gasteiger partial charge is 0.465 e. The maximum atomic E-state index is 13.7. The van der Waals surface area contributed by atoms with E-state index in [4.69, 9.17) is 5.26 Å². The minimum absolute atomic E-state index is 0.116. The molecule has 1 amide bonds. The van der Waals surface area contributed by atoms with E-state index >= 15 is 0 Å². The summed E-state index contributed by atoms with van der Waals surface area (Å²) in [6.07, 6.45) is 0. The van der Waals surface area contributed by atoms with E-state index in [2.05, 4.69) is 10.1 Å². The number of anilines is 1. The van der Waals surface area contributed by atoms with Gasteiger partial charge in [0.15, 0.2) is 0 Å². The van der Waals surface area contributed by atoms with E-state index in [9.17, 15) is 14.0 Å². The Morgan fingerprint density at radius 1 is 1.18 bits per heavy atom. The molecule has 2 aromatic rings. The van der Waals surface area contributed by atoms with Gasteiger partial charge in [0.1, 0.15) is 5.82 Å². The molecule has 5 nitrogen and oxygen atoms in total. The van der Waals surface area contributed by atoms with Crippen LogP contribution in [-0.4, -0.2) is 19.0 Å². The predicted molar refractivity (Wildman–Crippen MR) is 76.8 cm³/mol. The van der Waals surface area contributed by atoms with Crippen LogP contribution >= 0.6 is 0 Å². The molecular formula is C16H11FN2O3. The Balaban J connectivity index is 2.28. The number of hydrogen-bond acceptors (Lipinski definition) is 4. The zero-order valence-corrected chi connectivity index (χ0v) is 11.6. The first-order chi connectivity index (χ1) is 10.5. The second-order valence-corrected chi connectivity index (χ2v) is 4.33. The van der Waals surface area contributed by atoms with Crippen LogP contribution in [0.3, 0.4) is 0 Å². The first-order valence-corrected chi connectivity index (χ1v) is 6.24. The highest BCUT2D eigenvalue weighted by Crippen LogP contribution is 2.18. The summed E-state index contributed by atoms with van der Waals surface area (Å²) < 4.78 is 18.3. The Hall–Kier alpha value is -3.20. The monoisotopic (exact) mass is 298 g/mol. The fraction of sp³-hybridized carbons (Fsp3) is 0.0625. The highest BCUT2D eigenvalue weighted by molar-refractivity contribution is 6.05. The molecule has 0 unspecified atom stereocenters. The summed E-state index contributed by atoms with van der Waals surface area (Å²) in [7, 11) is 1.21. The first-order valence-electron chi connectivity index (χ1n) is 6.24. The molecule has 0 heterocycles. The fourth-order valence-corrected chi connectivity index (χ4v) is 1.79. The SMILES string of the molecule is COC(=O)c1ccc(F)c(NC(=O)c2cccc(C#N)c2)c1. The number of carbonyl (C=O) groups is 2. The van der Waals surface area contributed by atoms with Crippen LogP contribution in [0.2, 0.25) is 0 Å². The van der Waals surface area contributed by atoms with E-state index in [0.717, 1.165) is 6.07 Å². The second-order valence-electron chi connectivity index (χ2n) is 4.33. The third kappa shape index (κ3) is 3.27. The van der Waals surface area contributed by atoms with E-state index in [-0.39, 0.29) is 16.8 Å². The third-order valence-electron chi connectivity index (χ3n) is 2.89. The summed E-state index contributed by atoms with van der Waals surface area (Å²) >= 11 is 0. The lowest BCUT2D eigenvalue weighted by atomic mass is 10.1. The fourth-order valence-electron chi connectivity index (χ4n) is 1.79. The molecule has 2 rings (SSSR count). The van der Waals surface area contributed by atoms with Crippen molar-refractivity contribution in [3.05, 3.63) is 65.0 Å². The zero-order chi connectivity index (χ0) is 16.1. The molecular weight excluding hydrogens is 287 g/mol. The number of halogens is 1. The van der Waals surface area contributed by atoms with Gasteiger partial charge >= 0.3 is 5.97 Å². The molecule has 1 N–H and O–H groups in total. The number of nitriles is 1. The molecule has 0 atom stereocenters. The van der Waals surface area contributed by atoms with Crippen LogP contribution in [0, 0.1) is 17.1 Å². The highest BCUT2D eigenvalue weighted by atomic mass is 19.1. The van der Waals surface area contributed by atoms with Crippen molar-refractivity contribution >= 4 is 17.6 Å². The number of esters is 1. The van der Waals surface area contributed by atoms with Crippen LogP contribution in [0.4, 0.5) is 10.1 Å². The molecule has 0 saturated carbocycles. The quantitative estimate of drug-likeness (QED) is 0.884. The number of nitrogens with one attached hydrogen (secondary N) is 1. The Kier molecular flexibility index (Phi) is 4.49. The number of rotatable bonds is 3. The van der Waals surface area contributed by atoms with Crippen molar-refractivity contribution in [3.8, 4) is 6.07 Å². The van der Waals surface area contributed by atoms with E-state index in [0.29, 0.717) is 5.56 Å². The van der Waals surface area contributed by atoms with Crippen LogP contribution in [0.1, 0.15) is 26.3 Å². The van der Waals surface area contributed by atoms with Crippen molar-refractivity contribution in [3.63, 3.8) is 0 Å². The number of hydrogen-bond donors (Lipinski definition) is 1. The van der Waals surface area contributed by atoms with Crippen molar-refractivity contribution in [2.45, 2.75) is 0 Å². The van der Waals surface area contributed by atoms with Gasteiger partial charge in [0.2, 0.25) is 0 Å². The van der Waals surface area contributed by atoms with E-state index in [1.807, 2.05) is 6.07 Å². The highest BCUT2D eigenvalue weighted by Gasteiger charge is 2.13. The van der Waals surface area contributed by atoms with Gasteiger partial charge in [-0.05, 0) is 36.4 Å². The van der Waals surface area contributed by atoms with Crippen LogP contribution < -0.4 is 5.32 Å². The maximum Gasteiger partial charge on any atom is 0.337 e. The summed E-state index contributed by atoms with van der Waals surface area (Å²) in [6, 6.07) is 11.4. The van der Waals surface area contributed by atoms with Gasteiger partial charge in [-0.2, -0.15) is 5.26 Å². The molecule has 0 aliphatic carbocycles. The third-order valence-corrected chi connectivity index (χ3v) is 2.89. The van der Waals surface area contributed by atoms with Gasteiger partial charge in [0.25, 0.3) is 5.91 Å². The van der Waals surface area contributed by atoms with Crippen molar-refractivity contribution in [1.82, 2.24) is 0 Å². The average Bonchev–Trinajstić information content (AvgIpc) is 2.56. The average molecular weight is 298 g/mol. The van der Waals surface area contributed by atoms with Gasteiger partial charge in [-0.3, -0.25) is 4.79 Å². The topological polar surface area (TPSA) is 79.2 Å². The molecule has 2 aromatic carbocycles. The first kappa shape index (κ1) is 15.2. The minimum atomic E-state index is -0.683. The molecule has 0 radical (unpaired) electrons. The number of carbonyl (C=O) groups excluding carboxylic acids is 2. The van der Waals surface area contributed by atoms with Gasteiger partial charge in [0, 0.05) is 5.56 Å². The van der Waals surface area contributed by atoms with Gasteiger partial charge in [0.05, 0.1) is 30.0 Å². The molecule has 0 aliphatic rings. The van der Waals surface area contributed by atoms with Gasteiger partial charge in [-0.1, -0.05) is 6.07 Å². The lowest BCUT2D eigenvalue weighted by Crippen LogP contribution is -2.14. The zero-order valence-electron chi connectivity index (χ0n) is 11.6. The summed E-state index contributed by atoms with van der Waals surface area (Å²) in [5.41, 5.74) is 0.499. The molecule has 6 heteroatoms. The molecule has 0 spiro atoms. The van der Waals surface area contributed by atoms with Gasteiger partial charge in [-0.25, -0.2) is 9.18 Å². The summed E-state index contributed by atoms with van der Waals surface area (Å²) in [4.78, 5) is 23.5. The van der Waals surface area contributed by atoms with Gasteiger partial charge < -0.3 is 10.1 Å². The molecule has 0 fully saturated rings. The number of ether oxygens (including phenoxy) is 1. The predicted octanol–water partition coefficient (Wildman–Crippen LogP) is 2.74. The molecule has 0 aromatic heterocycles. The summed E-state index contributed by atoms with van der Waals surface area (Å²) in [5.74, 6) is -1.91. The lowest BCUT2D eigenvalue weighted by molar-refractivity contribution is 0.0600. The van der Waals surface area contributed by atoms with Crippen LogP contribution in [-0.2, 0) is 4.74 Å². The van der Waals surface area contributed by atoms with Crippen LogP contribution in [0.15, 0.2) is 42.5 Å². The van der Waals surface area contributed by atoms with E-state index in [1.54, 1.807) is 12.1 Å². The molecule has 0 saturated heterocycles. The molecule has 22 heavy (non-hydrogen) atoms. The lowest BCUT2D eigenvalue weighted by Gasteiger charge is -2.08. The van der Waals surface area contributed by atoms with Crippen molar-refractivity contribution in [2.24, 2.45) is 0 Å². The summed E-state index contributed by atoms with van der Waals surface area (Å²) in [6.45, 7) is 0. The second kappa shape index (κ2) is 6.50. The van der Waals surface area contributed by atoms with Crippen molar-refractivity contribution in [1.29, 1.82) is 5.26 Å². The number of benzene rings is 2. The van der Waals surface area contributed by atoms with Crippen molar-refractivity contribution in [2.75, 3.05) is 12.4 Å². The number of amides is 1. The molecule has 110 valence electrons. The Bertz CT molecular complexity index is 781. The van der Waals surface area contributed by atoms with Gasteiger partial charge in [-0.15, -0.1) is 0 Å². The van der Waals surface area contributed by atoms with Crippen LogP contribution in [0.5, 0.6) is 0 Å². The Morgan fingerprint density at radius 3 is 2.64 bits per heavy atom. The number of methoxy groups -OCH3 is 1. The smallest absolute Gasteiger partial charge is 0.337 e. The van der Waals surface area contributed by atoms with Crippen LogP contribution in [0.25, 0.3) is 0 Å². The number of nitrogens with zero attached hydrogens (tertiary/aromatic N) is 1. The molecule has 0 bridgehead atoms. The normalized spacial score (nSPS) is 9.68. The maximum absolute atomic E-state index is 13.7. The Labute approximate surface area is 125 Å². The van der Waals surface area contributed by atoms with Crippen molar-refractivity contribution < 1.29 is 18.7 Å². The van der Waals surface area contributed by atoms with E-state index < -0.39 is 17.7 Å². The standard InChI is InChI=1S/C16H11FN2O3/c1-22-16(21)12-5-6-13(17)14(8-12)19-15(20)11-4-2-3-10(7-11)9-18/h2-8H,1H3,(H,19,20). The Morgan fingerprint density at radius 2 is 1.95 bits per heavy atom. The molecule has 0 aliphatic heterocycles.